The van der Waals surface area contributed by atoms with Crippen molar-refractivity contribution in [2.45, 2.75) is 71.1 Å². The highest BCUT2D eigenvalue weighted by Gasteiger charge is 2.31. The number of aliphatic hydroxyl groups excluding tert-OH is 1. The molecule has 0 radical (unpaired) electrons. The van der Waals surface area contributed by atoms with E-state index in [1.807, 2.05) is 70.4 Å². The summed E-state index contributed by atoms with van der Waals surface area (Å²) in [4.78, 5) is 46.1. The van der Waals surface area contributed by atoms with E-state index in [0.717, 1.165) is 43.0 Å². The van der Waals surface area contributed by atoms with Gasteiger partial charge in [-0.2, -0.15) is 0 Å². The van der Waals surface area contributed by atoms with E-state index >= 15 is 0 Å². The Kier molecular flexibility index (Phi) is 14.4. The summed E-state index contributed by atoms with van der Waals surface area (Å²) in [5.74, 6) is -0.0204. The molecule has 50 heavy (non-hydrogen) atoms. The molecule has 4 rings (SSSR count). The molecule has 11 heteroatoms. The van der Waals surface area contributed by atoms with Crippen molar-refractivity contribution in [3.8, 4) is 5.75 Å². The minimum atomic E-state index is -0.513. The maximum atomic E-state index is 14.4. The topological polar surface area (TPSA) is 124 Å². The maximum Gasteiger partial charge on any atom is 0.323 e. The number of ether oxygens (including phenoxy) is 2. The van der Waals surface area contributed by atoms with E-state index in [4.69, 9.17) is 9.47 Å². The molecule has 0 saturated carbocycles. The van der Waals surface area contributed by atoms with E-state index < -0.39 is 12.1 Å². The SMILES string of the molecule is C[C@@H]1CN([C@@H](C)CO)C(=O)c2cc(NC(=O)Nc3cccc4ccccc34)ccc2O[C@@H](C)CCCCO[C@H]1CN(C)C(=O)CCCN(C)C. The average molecular weight is 690 g/mol. The number of hydrogen-bond acceptors (Lipinski definition) is 7. The summed E-state index contributed by atoms with van der Waals surface area (Å²) in [6, 6.07) is 17.6. The number of aliphatic hydroxyl groups is 1. The summed E-state index contributed by atoms with van der Waals surface area (Å²) >= 11 is 0. The van der Waals surface area contributed by atoms with Gasteiger partial charge in [-0.1, -0.05) is 43.3 Å². The predicted molar refractivity (Wildman–Crippen MR) is 199 cm³/mol. The smallest absolute Gasteiger partial charge is 0.323 e. The molecule has 11 nitrogen and oxygen atoms in total. The number of nitrogens with one attached hydrogen (secondary N) is 2. The number of likely N-dealkylation sites (N-methyl/N-ethyl adjacent to an activating group) is 1. The Labute approximate surface area is 296 Å². The molecule has 0 spiro atoms. The van der Waals surface area contributed by atoms with Gasteiger partial charge in [0.2, 0.25) is 5.91 Å². The lowest BCUT2D eigenvalue weighted by Crippen LogP contribution is -2.48. The third kappa shape index (κ3) is 10.9. The second-order valence-corrected chi connectivity index (χ2v) is 13.8. The monoisotopic (exact) mass is 689 g/mol. The summed E-state index contributed by atoms with van der Waals surface area (Å²) in [5, 5.41) is 18.0. The predicted octanol–water partition coefficient (Wildman–Crippen LogP) is 6.08. The largest absolute Gasteiger partial charge is 0.490 e. The second-order valence-electron chi connectivity index (χ2n) is 13.8. The number of amides is 4. The van der Waals surface area contributed by atoms with E-state index in [1.54, 1.807) is 42.0 Å². The second kappa shape index (κ2) is 18.7. The molecular formula is C39H55N5O6. The van der Waals surface area contributed by atoms with Crippen LogP contribution in [0.5, 0.6) is 5.75 Å². The quantitative estimate of drug-likeness (QED) is 0.236. The van der Waals surface area contributed by atoms with Crippen molar-refractivity contribution in [1.82, 2.24) is 14.7 Å². The molecule has 1 heterocycles. The summed E-state index contributed by atoms with van der Waals surface area (Å²) in [6.45, 7) is 7.58. The first-order valence-electron chi connectivity index (χ1n) is 17.7. The third-order valence-corrected chi connectivity index (χ3v) is 9.22. The van der Waals surface area contributed by atoms with Gasteiger partial charge >= 0.3 is 6.03 Å². The van der Waals surface area contributed by atoms with Gasteiger partial charge in [-0.15, -0.1) is 0 Å². The van der Waals surface area contributed by atoms with Gasteiger partial charge in [0.25, 0.3) is 5.91 Å². The van der Waals surface area contributed by atoms with Gasteiger partial charge in [0, 0.05) is 50.2 Å². The van der Waals surface area contributed by atoms with Crippen LogP contribution in [0, 0.1) is 5.92 Å². The zero-order valence-corrected chi connectivity index (χ0v) is 30.5. The van der Waals surface area contributed by atoms with Crippen LogP contribution in [0.15, 0.2) is 60.7 Å². The highest BCUT2D eigenvalue weighted by atomic mass is 16.5. The van der Waals surface area contributed by atoms with Crippen molar-refractivity contribution < 1.29 is 29.0 Å². The zero-order valence-electron chi connectivity index (χ0n) is 30.5. The number of nitrogens with zero attached hydrogens (tertiary/aromatic N) is 3. The summed E-state index contributed by atoms with van der Waals surface area (Å²) in [6.07, 6.45) is 3.18. The van der Waals surface area contributed by atoms with Crippen molar-refractivity contribution in [3.05, 3.63) is 66.2 Å². The number of rotatable bonds is 10. The Bertz CT molecular complexity index is 1580. The molecule has 0 unspecified atom stereocenters. The first-order chi connectivity index (χ1) is 24.0. The minimum Gasteiger partial charge on any atom is -0.490 e. The van der Waals surface area contributed by atoms with Gasteiger partial charge in [-0.05, 0) is 89.8 Å². The van der Waals surface area contributed by atoms with Crippen LogP contribution in [-0.2, 0) is 9.53 Å². The van der Waals surface area contributed by atoms with Gasteiger partial charge in [0.1, 0.15) is 5.75 Å². The molecule has 0 fully saturated rings. The molecule has 0 aromatic heterocycles. The summed E-state index contributed by atoms with van der Waals surface area (Å²) < 4.78 is 12.7. The number of carbonyl (C=O) groups is 3. The van der Waals surface area contributed by atoms with Gasteiger partial charge < -0.3 is 39.9 Å². The van der Waals surface area contributed by atoms with Crippen LogP contribution in [0.1, 0.15) is 63.2 Å². The number of benzene rings is 3. The van der Waals surface area contributed by atoms with Gasteiger partial charge in [0.15, 0.2) is 0 Å². The lowest BCUT2D eigenvalue weighted by Gasteiger charge is -2.36. The number of hydrogen-bond donors (Lipinski definition) is 3. The van der Waals surface area contributed by atoms with Crippen LogP contribution < -0.4 is 15.4 Å². The van der Waals surface area contributed by atoms with Crippen LogP contribution in [0.3, 0.4) is 0 Å². The van der Waals surface area contributed by atoms with Crippen molar-refractivity contribution in [2.75, 3.05) is 64.6 Å². The highest BCUT2D eigenvalue weighted by molar-refractivity contribution is 6.07. The molecule has 1 aliphatic rings. The normalized spacial score (nSPS) is 19.6. The zero-order chi connectivity index (χ0) is 36.2. The Morgan fingerprint density at radius 1 is 1.02 bits per heavy atom. The number of carbonyl (C=O) groups excluding carboxylic acids is 3. The van der Waals surface area contributed by atoms with Crippen molar-refractivity contribution in [1.29, 1.82) is 0 Å². The van der Waals surface area contributed by atoms with Crippen molar-refractivity contribution in [2.24, 2.45) is 5.92 Å². The first kappa shape index (κ1) is 38.6. The molecule has 0 bridgehead atoms. The lowest BCUT2D eigenvalue weighted by molar-refractivity contribution is -0.132. The molecule has 3 aromatic carbocycles. The van der Waals surface area contributed by atoms with Crippen molar-refractivity contribution in [3.63, 3.8) is 0 Å². The molecule has 0 aliphatic carbocycles. The molecule has 3 N–H and O–H groups in total. The van der Waals surface area contributed by atoms with Gasteiger partial charge in [-0.25, -0.2) is 4.79 Å². The maximum absolute atomic E-state index is 14.4. The summed E-state index contributed by atoms with van der Waals surface area (Å²) in [5.41, 5.74) is 1.38. The molecule has 4 amide bonds. The minimum absolute atomic E-state index is 0.0585. The fourth-order valence-corrected chi connectivity index (χ4v) is 6.19. The molecule has 1 aliphatic heterocycles. The van der Waals surface area contributed by atoms with Gasteiger partial charge in [-0.3, -0.25) is 9.59 Å². The van der Waals surface area contributed by atoms with E-state index in [9.17, 15) is 19.5 Å². The molecule has 272 valence electrons. The Balaban J connectivity index is 1.58. The van der Waals surface area contributed by atoms with E-state index in [1.165, 1.54) is 0 Å². The van der Waals surface area contributed by atoms with Crippen molar-refractivity contribution >= 4 is 40.0 Å². The van der Waals surface area contributed by atoms with Crippen LogP contribution in [-0.4, -0.2) is 110 Å². The Morgan fingerprint density at radius 3 is 2.54 bits per heavy atom. The van der Waals surface area contributed by atoms with E-state index in [2.05, 4.69) is 15.5 Å². The third-order valence-electron chi connectivity index (χ3n) is 9.22. The highest BCUT2D eigenvalue weighted by Crippen LogP contribution is 2.29. The Morgan fingerprint density at radius 2 is 1.78 bits per heavy atom. The fourth-order valence-electron chi connectivity index (χ4n) is 6.19. The van der Waals surface area contributed by atoms with E-state index in [-0.39, 0.29) is 48.7 Å². The van der Waals surface area contributed by atoms with Crippen LogP contribution in [0.25, 0.3) is 10.8 Å². The van der Waals surface area contributed by atoms with E-state index in [0.29, 0.717) is 36.7 Å². The Hall–Kier alpha value is -4.19. The number of anilines is 2. The van der Waals surface area contributed by atoms with Crippen LogP contribution in [0.4, 0.5) is 16.2 Å². The van der Waals surface area contributed by atoms with Gasteiger partial charge in [0.05, 0.1) is 36.1 Å². The fraction of sp³-hybridized carbons (Fsp3) is 0.513. The first-order valence-corrected chi connectivity index (χ1v) is 17.7. The number of fused-ring (bicyclic) bond motifs is 2. The van der Waals surface area contributed by atoms with Crippen LogP contribution >= 0.6 is 0 Å². The lowest BCUT2D eigenvalue weighted by atomic mass is 10.0. The molecular weight excluding hydrogens is 634 g/mol. The number of urea groups is 1. The molecule has 4 atom stereocenters. The molecule has 3 aromatic rings. The average Bonchev–Trinajstić information content (AvgIpc) is 3.09. The summed E-state index contributed by atoms with van der Waals surface area (Å²) in [7, 11) is 5.79. The standard InChI is InChI=1S/C39H55N5O6/c1-27-24-44(28(2)26-45)38(47)33-23-31(40-39(48)41-34-17-11-15-30-14-7-8-16-32(30)34)19-20-35(33)50-29(3)13-9-10-22-49-36(27)25-43(6)37(46)18-12-21-42(4)5/h7-8,11,14-17,19-20,23,27-29,36,45H,9-10,12-13,18,21-22,24-26H2,1-6H3,(H2,40,41,48)/t27-,28+,29+,36+/m1/s1. The van der Waals surface area contributed by atoms with Crippen LogP contribution in [0.2, 0.25) is 0 Å². The molecule has 0 saturated heterocycles.